The van der Waals surface area contributed by atoms with E-state index in [9.17, 15) is 4.79 Å². The van der Waals surface area contributed by atoms with Gasteiger partial charge in [-0.05, 0) is 59.7 Å². The number of hydrogen-bond acceptors (Lipinski definition) is 3. The molecule has 0 aliphatic carbocycles. The first-order valence-corrected chi connectivity index (χ1v) is 11.8. The van der Waals surface area contributed by atoms with Crippen LogP contribution in [-0.4, -0.2) is 29.1 Å². The van der Waals surface area contributed by atoms with Crippen molar-refractivity contribution in [2.45, 2.75) is 45.3 Å². The molecule has 0 unspecified atom stereocenters. The normalized spacial score (nSPS) is 13.9. The second kappa shape index (κ2) is 11.5. The summed E-state index contributed by atoms with van der Waals surface area (Å²) in [6, 6.07) is 25.0. The second-order valence-electron chi connectivity index (χ2n) is 8.76. The average Bonchev–Trinajstić information content (AvgIpc) is 2.86. The lowest BCUT2D eigenvalue weighted by Crippen LogP contribution is -2.32. The minimum Gasteiger partial charge on any atom is -0.489 e. The minimum absolute atomic E-state index is 0.00154. The summed E-state index contributed by atoms with van der Waals surface area (Å²) in [4.78, 5) is 13.6. The molecule has 1 aliphatic heterocycles. The van der Waals surface area contributed by atoms with Crippen LogP contribution in [0.25, 0.3) is 0 Å². The summed E-state index contributed by atoms with van der Waals surface area (Å²) in [7, 11) is 0. The molecule has 1 N–H and O–H groups in total. The van der Waals surface area contributed by atoms with Gasteiger partial charge in [0.2, 0.25) is 0 Å². The summed E-state index contributed by atoms with van der Waals surface area (Å²) in [5, 5.41) is 9.10. The molecular formula is C30H31NO3. The largest absolute Gasteiger partial charge is 0.489 e. The first-order chi connectivity index (χ1) is 16.6. The van der Waals surface area contributed by atoms with Gasteiger partial charge in [0, 0.05) is 19.6 Å². The number of carboxylic acids is 1. The molecule has 1 heterocycles. The van der Waals surface area contributed by atoms with Gasteiger partial charge < -0.3 is 9.84 Å². The van der Waals surface area contributed by atoms with E-state index in [1.54, 1.807) is 6.92 Å². The van der Waals surface area contributed by atoms with Crippen LogP contribution in [0.5, 0.6) is 5.75 Å². The zero-order valence-corrected chi connectivity index (χ0v) is 19.7. The van der Waals surface area contributed by atoms with Crippen LogP contribution in [0.4, 0.5) is 0 Å². The zero-order chi connectivity index (χ0) is 23.8. The highest BCUT2D eigenvalue weighted by molar-refractivity contribution is 5.69. The molecule has 0 aromatic heterocycles. The van der Waals surface area contributed by atoms with Crippen LogP contribution in [0.15, 0.2) is 72.8 Å². The number of aliphatic carboxylic acids is 1. The molecule has 4 heteroatoms. The van der Waals surface area contributed by atoms with Crippen molar-refractivity contribution < 1.29 is 14.6 Å². The summed E-state index contributed by atoms with van der Waals surface area (Å²) in [5.41, 5.74) is 6.32. The smallest absolute Gasteiger partial charge is 0.304 e. The molecule has 174 valence electrons. The van der Waals surface area contributed by atoms with E-state index < -0.39 is 5.97 Å². The van der Waals surface area contributed by atoms with Crippen molar-refractivity contribution in [3.63, 3.8) is 0 Å². The first kappa shape index (κ1) is 23.6. The van der Waals surface area contributed by atoms with Crippen molar-refractivity contribution in [2.75, 3.05) is 13.1 Å². The summed E-state index contributed by atoms with van der Waals surface area (Å²) >= 11 is 0. The van der Waals surface area contributed by atoms with Gasteiger partial charge in [-0.1, -0.05) is 66.6 Å². The molecule has 0 fully saturated rings. The maximum Gasteiger partial charge on any atom is 0.304 e. The van der Waals surface area contributed by atoms with Gasteiger partial charge in [0.25, 0.3) is 0 Å². The number of ether oxygens (including phenoxy) is 1. The molecule has 1 aliphatic rings. The van der Waals surface area contributed by atoms with Crippen LogP contribution < -0.4 is 4.74 Å². The monoisotopic (exact) mass is 453 g/mol. The Hall–Kier alpha value is -3.55. The Labute approximate surface area is 202 Å². The van der Waals surface area contributed by atoms with Crippen molar-refractivity contribution in [2.24, 2.45) is 0 Å². The molecule has 1 atom stereocenters. The Morgan fingerprint density at radius 3 is 2.41 bits per heavy atom. The van der Waals surface area contributed by atoms with E-state index in [2.05, 4.69) is 65.3 Å². The number of carboxylic acid groups (broad SMARTS) is 1. The third-order valence-electron chi connectivity index (χ3n) is 6.33. The van der Waals surface area contributed by atoms with Crippen molar-refractivity contribution in [3.8, 4) is 17.6 Å². The number of nitrogens with zero attached hydrogens (tertiary/aromatic N) is 1. The van der Waals surface area contributed by atoms with Crippen LogP contribution >= 0.6 is 0 Å². The van der Waals surface area contributed by atoms with E-state index >= 15 is 0 Å². The number of hydrogen-bond donors (Lipinski definition) is 1. The predicted octanol–water partition coefficient (Wildman–Crippen LogP) is 5.45. The molecule has 0 radical (unpaired) electrons. The number of fused-ring (bicyclic) bond motifs is 1. The van der Waals surface area contributed by atoms with Gasteiger partial charge in [-0.25, -0.2) is 0 Å². The quantitative estimate of drug-likeness (QED) is 0.438. The van der Waals surface area contributed by atoms with E-state index in [0.717, 1.165) is 49.4 Å². The van der Waals surface area contributed by atoms with E-state index in [4.69, 9.17) is 9.84 Å². The fraction of sp³-hybridized carbons (Fsp3) is 0.300. The Bertz CT molecular complexity index is 1160. The van der Waals surface area contributed by atoms with Crippen LogP contribution in [-0.2, 0) is 30.8 Å². The highest BCUT2D eigenvalue weighted by Gasteiger charge is 2.15. The first-order valence-electron chi connectivity index (χ1n) is 11.8. The molecule has 0 bridgehead atoms. The zero-order valence-electron chi connectivity index (χ0n) is 19.7. The number of rotatable bonds is 9. The van der Waals surface area contributed by atoms with Crippen LogP contribution in [0.1, 0.15) is 47.1 Å². The average molecular weight is 454 g/mol. The minimum atomic E-state index is -0.849. The Morgan fingerprint density at radius 1 is 1.00 bits per heavy atom. The third kappa shape index (κ3) is 6.50. The van der Waals surface area contributed by atoms with Crippen molar-refractivity contribution in [1.29, 1.82) is 0 Å². The molecule has 0 amide bonds. The van der Waals surface area contributed by atoms with Crippen molar-refractivity contribution in [1.82, 2.24) is 4.90 Å². The lowest BCUT2D eigenvalue weighted by Gasteiger charge is -2.28. The Balaban J connectivity index is 1.25. The molecule has 0 spiro atoms. The van der Waals surface area contributed by atoms with Crippen molar-refractivity contribution in [3.05, 3.63) is 101 Å². The number of benzene rings is 3. The molecule has 4 rings (SSSR count). The molecule has 0 saturated heterocycles. The van der Waals surface area contributed by atoms with Crippen LogP contribution in [0.2, 0.25) is 0 Å². The predicted molar refractivity (Wildman–Crippen MR) is 135 cm³/mol. The standard InChI is InChI=1S/C30H31NO3/c1-2-5-27(20-30(32)33)26-12-14-29(15-13-26)34-22-24-10-8-23(9-11-24)16-18-31-19-17-25-6-3-4-7-28(25)21-31/h3-4,6-15,27H,16-22H2,1H3,(H,32,33)/t27-/m0/s1. The second-order valence-corrected chi connectivity index (χ2v) is 8.76. The Morgan fingerprint density at radius 2 is 1.71 bits per heavy atom. The number of carbonyl (C=O) groups is 1. The maximum absolute atomic E-state index is 11.1. The Kier molecular flexibility index (Phi) is 8.01. The summed E-state index contributed by atoms with van der Waals surface area (Å²) < 4.78 is 5.94. The third-order valence-corrected chi connectivity index (χ3v) is 6.33. The SMILES string of the molecule is CC#C[C@@H](CC(=O)O)c1ccc(OCc2ccc(CCN3CCc4ccccc4C3)cc2)cc1. The van der Waals surface area contributed by atoms with Gasteiger partial charge in [-0.3, -0.25) is 9.69 Å². The highest BCUT2D eigenvalue weighted by Crippen LogP contribution is 2.23. The molecule has 34 heavy (non-hydrogen) atoms. The van der Waals surface area contributed by atoms with Gasteiger partial charge in [-0.2, -0.15) is 0 Å². The van der Waals surface area contributed by atoms with E-state index in [1.165, 1.54) is 16.7 Å². The van der Waals surface area contributed by atoms with E-state index in [1.807, 2.05) is 24.3 Å². The fourth-order valence-electron chi connectivity index (χ4n) is 4.40. The molecular weight excluding hydrogens is 422 g/mol. The molecule has 0 saturated carbocycles. The molecule has 4 nitrogen and oxygen atoms in total. The molecule has 3 aromatic carbocycles. The highest BCUT2D eigenvalue weighted by atomic mass is 16.5. The van der Waals surface area contributed by atoms with Crippen LogP contribution in [0, 0.1) is 11.8 Å². The van der Waals surface area contributed by atoms with Gasteiger partial charge in [0.1, 0.15) is 12.4 Å². The summed E-state index contributed by atoms with van der Waals surface area (Å²) in [5.74, 6) is 5.40. The lowest BCUT2D eigenvalue weighted by molar-refractivity contribution is -0.137. The van der Waals surface area contributed by atoms with E-state index in [-0.39, 0.29) is 12.3 Å². The summed E-state index contributed by atoms with van der Waals surface area (Å²) in [6.45, 7) is 5.47. The van der Waals surface area contributed by atoms with Gasteiger partial charge >= 0.3 is 5.97 Å². The van der Waals surface area contributed by atoms with Gasteiger partial charge in [0.05, 0.1) is 12.3 Å². The fourth-order valence-corrected chi connectivity index (χ4v) is 4.40. The van der Waals surface area contributed by atoms with E-state index in [0.29, 0.717) is 6.61 Å². The molecule has 3 aromatic rings. The maximum atomic E-state index is 11.1. The summed E-state index contributed by atoms with van der Waals surface area (Å²) in [6.07, 6.45) is 2.18. The van der Waals surface area contributed by atoms with Gasteiger partial charge in [-0.15, -0.1) is 5.92 Å². The lowest BCUT2D eigenvalue weighted by atomic mass is 9.96. The topological polar surface area (TPSA) is 49.8 Å². The van der Waals surface area contributed by atoms with Gasteiger partial charge in [0.15, 0.2) is 0 Å². The van der Waals surface area contributed by atoms with Crippen LogP contribution in [0.3, 0.4) is 0 Å². The van der Waals surface area contributed by atoms with Crippen molar-refractivity contribution >= 4 is 5.97 Å².